The summed E-state index contributed by atoms with van der Waals surface area (Å²) in [4.78, 5) is 15.2. The molecule has 168 valence electrons. The van der Waals surface area contributed by atoms with Gasteiger partial charge in [0.25, 0.3) is 5.91 Å². The molecular formula is C26H29Cl2N3O. The maximum Gasteiger partial charge on any atom is 0.266 e. The lowest BCUT2D eigenvalue weighted by Crippen LogP contribution is -2.51. The molecule has 2 aromatic carbocycles. The first-order valence-corrected chi connectivity index (χ1v) is 11.5. The smallest absolute Gasteiger partial charge is 0.266 e. The predicted octanol–water partition coefficient (Wildman–Crippen LogP) is 7.35. The summed E-state index contributed by atoms with van der Waals surface area (Å²) in [5.74, 6) is -0.137. The molecule has 2 aromatic rings. The van der Waals surface area contributed by atoms with E-state index in [1.165, 1.54) is 11.3 Å². The molecule has 0 aromatic heterocycles. The molecule has 1 heterocycles. The third-order valence-corrected chi connectivity index (χ3v) is 6.57. The van der Waals surface area contributed by atoms with Gasteiger partial charge in [-0.15, -0.1) is 0 Å². The number of nitrogens with zero attached hydrogens (tertiary/aromatic N) is 2. The summed E-state index contributed by atoms with van der Waals surface area (Å²) >= 11 is 12.1. The van der Waals surface area contributed by atoms with Crippen molar-refractivity contribution < 1.29 is 4.79 Å². The fraction of sp³-hybridized carbons (Fsp3) is 0.385. The maximum absolute atomic E-state index is 12.8. The van der Waals surface area contributed by atoms with E-state index in [0.717, 1.165) is 17.5 Å². The Morgan fingerprint density at radius 1 is 1.28 bits per heavy atom. The van der Waals surface area contributed by atoms with Crippen LogP contribution >= 0.6 is 23.2 Å². The summed E-state index contributed by atoms with van der Waals surface area (Å²) < 4.78 is 0. The average Bonchev–Trinajstić information content (AvgIpc) is 2.67. The summed E-state index contributed by atoms with van der Waals surface area (Å²) in [6.07, 6.45) is 2.69. The summed E-state index contributed by atoms with van der Waals surface area (Å²) in [6.45, 7) is 13.3. The summed E-state index contributed by atoms with van der Waals surface area (Å²) in [5.41, 5.74) is 4.84. The van der Waals surface area contributed by atoms with Gasteiger partial charge in [0.05, 0.1) is 10.7 Å². The Morgan fingerprint density at radius 2 is 1.97 bits per heavy atom. The molecule has 0 saturated heterocycles. The second-order valence-electron chi connectivity index (χ2n) is 9.40. The van der Waals surface area contributed by atoms with Crippen LogP contribution in [0.5, 0.6) is 0 Å². The van der Waals surface area contributed by atoms with Gasteiger partial charge in [-0.25, -0.2) is 0 Å². The number of benzene rings is 2. The lowest BCUT2D eigenvalue weighted by atomic mass is 9.78. The summed E-state index contributed by atoms with van der Waals surface area (Å²) in [7, 11) is 0. The number of aryl methyl sites for hydroxylation is 1. The van der Waals surface area contributed by atoms with Gasteiger partial charge in [-0.3, -0.25) is 4.79 Å². The Morgan fingerprint density at radius 3 is 2.56 bits per heavy atom. The van der Waals surface area contributed by atoms with Crippen LogP contribution in [0.3, 0.4) is 0 Å². The number of nitrogens with one attached hydrogen (secondary N) is 1. The molecule has 1 N–H and O–H groups in total. The van der Waals surface area contributed by atoms with Crippen molar-refractivity contribution in [2.75, 3.05) is 10.2 Å². The van der Waals surface area contributed by atoms with Crippen LogP contribution in [0.4, 0.5) is 11.4 Å². The standard InChI is InChI=1S/C26H29Cl2N3O/c1-15(2)31-24-9-16(3)18(11-21(24)17(4)13-26(31,5)6)10-19(14-29)25(32)30-23-8-7-20(27)12-22(23)28/h7-12,15,17H,13H2,1-6H3,(H,30,32)/b19-10-. The topological polar surface area (TPSA) is 56.1 Å². The fourth-order valence-corrected chi connectivity index (χ4v) is 5.29. The molecule has 1 aliphatic heterocycles. The molecule has 1 amide bonds. The maximum atomic E-state index is 12.8. The van der Waals surface area contributed by atoms with Crippen LogP contribution in [0, 0.1) is 18.3 Å². The van der Waals surface area contributed by atoms with Crippen LogP contribution in [-0.4, -0.2) is 17.5 Å². The van der Waals surface area contributed by atoms with Gasteiger partial charge in [0.1, 0.15) is 11.6 Å². The van der Waals surface area contributed by atoms with Crippen LogP contribution in [0.25, 0.3) is 6.08 Å². The largest absolute Gasteiger partial charge is 0.364 e. The van der Waals surface area contributed by atoms with Crippen molar-refractivity contribution in [1.82, 2.24) is 0 Å². The summed E-state index contributed by atoms with van der Waals surface area (Å²) in [5, 5.41) is 13.2. The SMILES string of the molecule is Cc1cc2c(cc1/C=C(/C#N)C(=O)Nc1ccc(Cl)cc1Cl)C(C)CC(C)(C)N2C(C)C. The molecule has 0 saturated carbocycles. The number of hydrogen-bond acceptors (Lipinski definition) is 3. The lowest BCUT2D eigenvalue weighted by molar-refractivity contribution is -0.112. The molecule has 6 heteroatoms. The minimum Gasteiger partial charge on any atom is -0.364 e. The number of carbonyl (C=O) groups excluding carboxylic acids is 1. The number of fused-ring (bicyclic) bond motifs is 1. The van der Waals surface area contributed by atoms with Crippen LogP contribution in [0.15, 0.2) is 35.9 Å². The number of nitriles is 1. The molecule has 32 heavy (non-hydrogen) atoms. The normalized spacial score (nSPS) is 17.7. The van der Waals surface area contributed by atoms with Crippen molar-refractivity contribution in [3.05, 3.63) is 62.6 Å². The highest BCUT2D eigenvalue weighted by molar-refractivity contribution is 6.36. The zero-order chi connectivity index (χ0) is 23.8. The van der Waals surface area contributed by atoms with Gasteiger partial charge in [0.2, 0.25) is 0 Å². The molecule has 1 aliphatic rings. The molecule has 1 atom stereocenters. The number of anilines is 2. The van der Waals surface area contributed by atoms with Crippen LogP contribution in [0.1, 0.15) is 63.6 Å². The highest BCUT2D eigenvalue weighted by Crippen LogP contribution is 2.45. The molecule has 3 rings (SSSR count). The fourth-order valence-electron chi connectivity index (χ4n) is 4.83. The van der Waals surface area contributed by atoms with E-state index in [1.54, 1.807) is 24.3 Å². The highest BCUT2D eigenvalue weighted by Gasteiger charge is 2.37. The number of rotatable bonds is 4. The molecule has 4 nitrogen and oxygen atoms in total. The monoisotopic (exact) mass is 469 g/mol. The molecule has 0 spiro atoms. The van der Waals surface area contributed by atoms with E-state index in [-0.39, 0.29) is 11.1 Å². The van der Waals surface area contributed by atoms with Crippen LogP contribution < -0.4 is 10.2 Å². The zero-order valence-corrected chi connectivity index (χ0v) is 20.9. The Hall–Kier alpha value is -2.48. The minimum atomic E-state index is -0.508. The lowest BCUT2D eigenvalue weighted by Gasteiger charge is -2.50. The van der Waals surface area contributed by atoms with Crippen molar-refractivity contribution in [1.29, 1.82) is 5.26 Å². The van der Waals surface area contributed by atoms with Gasteiger partial charge in [0, 0.05) is 22.3 Å². The van der Waals surface area contributed by atoms with Crippen molar-refractivity contribution in [2.24, 2.45) is 0 Å². The zero-order valence-electron chi connectivity index (χ0n) is 19.4. The second-order valence-corrected chi connectivity index (χ2v) is 10.2. The van der Waals surface area contributed by atoms with E-state index >= 15 is 0 Å². The third kappa shape index (κ3) is 4.80. The average molecular weight is 470 g/mol. The van der Waals surface area contributed by atoms with Crippen LogP contribution in [-0.2, 0) is 4.79 Å². The Bertz CT molecular complexity index is 1130. The van der Waals surface area contributed by atoms with E-state index in [9.17, 15) is 10.1 Å². The van der Waals surface area contributed by atoms with Crippen molar-refractivity contribution in [3.8, 4) is 6.07 Å². The van der Waals surface area contributed by atoms with Gasteiger partial charge in [-0.1, -0.05) is 30.1 Å². The molecule has 0 bridgehead atoms. The molecule has 1 unspecified atom stereocenters. The Labute approximate surface area is 200 Å². The van der Waals surface area contributed by atoms with E-state index in [4.69, 9.17) is 23.2 Å². The van der Waals surface area contributed by atoms with Crippen molar-refractivity contribution >= 4 is 46.6 Å². The Balaban J connectivity index is 1.99. The van der Waals surface area contributed by atoms with E-state index in [0.29, 0.717) is 27.7 Å². The highest BCUT2D eigenvalue weighted by atomic mass is 35.5. The number of hydrogen-bond donors (Lipinski definition) is 1. The number of halogens is 2. The second kappa shape index (κ2) is 9.17. The number of carbonyl (C=O) groups is 1. The van der Waals surface area contributed by atoms with Gasteiger partial charge in [-0.05, 0) is 100 Å². The van der Waals surface area contributed by atoms with E-state index in [2.05, 4.69) is 57.0 Å². The molecule has 0 aliphatic carbocycles. The van der Waals surface area contributed by atoms with Gasteiger partial charge in [-0.2, -0.15) is 5.26 Å². The van der Waals surface area contributed by atoms with Crippen molar-refractivity contribution in [3.63, 3.8) is 0 Å². The quantitative estimate of drug-likeness (QED) is 0.376. The van der Waals surface area contributed by atoms with Gasteiger partial charge in [0.15, 0.2) is 0 Å². The van der Waals surface area contributed by atoms with Gasteiger partial charge >= 0.3 is 0 Å². The number of amides is 1. The first-order chi connectivity index (χ1) is 14.9. The van der Waals surface area contributed by atoms with E-state index < -0.39 is 5.91 Å². The molecule has 0 fully saturated rings. The first-order valence-electron chi connectivity index (χ1n) is 10.8. The molecule has 0 radical (unpaired) electrons. The summed E-state index contributed by atoms with van der Waals surface area (Å²) in [6, 6.07) is 11.5. The third-order valence-electron chi connectivity index (χ3n) is 6.02. The Kier molecular flexibility index (Phi) is 6.93. The van der Waals surface area contributed by atoms with E-state index in [1.807, 2.05) is 13.0 Å². The van der Waals surface area contributed by atoms with Crippen molar-refractivity contribution in [2.45, 2.75) is 65.5 Å². The first kappa shape index (κ1) is 24.2. The van der Waals surface area contributed by atoms with Crippen LogP contribution in [0.2, 0.25) is 10.0 Å². The predicted molar refractivity (Wildman–Crippen MR) is 135 cm³/mol. The van der Waals surface area contributed by atoms with Gasteiger partial charge < -0.3 is 10.2 Å². The molecular weight excluding hydrogens is 441 g/mol. The minimum absolute atomic E-state index is 0.0172.